The highest BCUT2D eigenvalue weighted by Gasteiger charge is 2.46. The van der Waals surface area contributed by atoms with Crippen LogP contribution in [0, 0.1) is 11.3 Å². The van der Waals surface area contributed by atoms with Crippen molar-refractivity contribution in [1.82, 2.24) is 5.32 Å². The minimum atomic E-state index is -0.399. The average molecular weight is 340 g/mol. The summed E-state index contributed by atoms with van der Waals surface area (Å²) in [6.45, 7) is 15.5. The van der Waals surface area contributed by atoms with Gasteiger partial charge in [-0.05, 0) is 30.2 Å². The van der Waals surface area contributed by atoms with Gasteiger partial charge in [0.25, 0.3) is 0 Å². The molecular formula is C19H33NO2S. The van der Waals surface area contributed by atoms with Crippen molar-refractivity contribution in [2.45, 2.75) is 73.8 Å². The molecule has 1 aliphatic rings. The second-order valence-electron chi connectivity index (χ2n) is 6.38. The molecule has 3 nitrogen and oxygen atoms in total. The van der Waals surface area contributed by atoms with Crippen molar-refractivity contribution in [2.75, 3.05) is 0 Å². The molecule has 0 aliphatic heterocycles. The van der Waals surface area contributed by atoms with Gasteiger partial charge in [0, 0.05) is 16.7 Å². The van der Waals surface area contributed by atoms with Crippen LogP contribution in [0.2, 0.25) is 0 Å². The Labute approximate surface area is 145 Å². The summed E-state index contributed by atoms with van der Waals surface area (Å²) < 4.78 is 0. The number of carbonyl (C=O) groups excluding carboxylic acids is 2. The first-order valence-corrected chi connectivity index (χ1v) is 9.53. The minimum absolute atomic E-state index is 0.0218. The van der Waals surface area contributed by atoms with E-state index in [-0.39, 0.29) is 23.0 Å². The van der Waals surface area contributed by atoms with E-state index in [9.17, 15) is 9.59 Å². The van der Waals surface area contributed by atoms with E-state index < -0.39 is 6.04 Å². The summed E-state index contributed by atoms with van der Waals surface area (Å²) in [5.74, 6) is 0.443. The Hall–Kier alpha value is -1.16. The number of rotatable bonds is 4. The molecule has 0 saturated heterocycles. The van der Waals surface area contributed by atoms with E-state index in [0.29, 0.717) is 5.92 Å². The summed E-state index contributed by atoms with van der Waals surface area (Å²) in [6, 6.07) is 3.69. The maximum atomic E-state index is 12.2. The molecule has 132 valence electrons. The van der Waals surface area contributed by atoms with Gasteiger partial charge in [-0.1, -0.05) is 54.5 Å². The van der Waals surface area contributed by atoms with E-state index >= 15 is 0 Å². The molecule has 1 heterocycles. The molecule has 1 saturated carbocycles. The van der Waals surface area contributed by atoms with Gasteiger partial charge in [0.2, 0.25) is 5.91 Å². The normalized spacial score (nSPS) is 20.2. The van der Waals surface area contributed by atoms with Crippen molar-refractivity contribution in [3.63, 3.8) is 0 Å². The standard InChI is InChI=1S/C15H21NO2S.2C2H6/c1-9(17)13(15(2,3)4)16-14(18)11-8-10(11)12-6-5-7-19-12;2*1-2/h5-7,10-11,13H,8H2,1-4H3,(H,16,18);2*1-2H3/t10?,11-,13?;;/m0../s1. The Bertz CT molecular complexity index is 474. The van der Waals surface area contributed by atoms with Crippen molar-refractivity contribution >= 4 is 23.0 Å². The summed E-state index contributed by atoms with van der Waals surface area (Å²) in [7, 11) is 0. The van der Waals surface area contributed by atoms with Gasteiger partial charge in [-0.2, -0.15) is 0 Å². The van der Waals surface area contributed by atoms with E-state index in [0.717, 1.165) is 6.42 Å². The highest BCUT2D eigenvalue weighted by Crippen LogP contribution is 2.49. The van der Waals surface area contributed by atoms with Gasteiger partial charge in [-0.3, -0.25) is 9.59 Å². The molecule has 2 unspecified atom stereocenters. The number of carbonyl (C=O) groups is 2. The van der Waals surface area contributed by atoms with Crippen LogP contribution in [0.3, 0.4) is 0 Å². The largest absolute Gasteiger partial charge is 0.346 e. The van der Waals surface area contributed by atoms with Crippen LogP contribution in [-0.2, 0) is 9.59 Å². The SMILES string of the molecule is CC.CC.CC(=O)C(NC(=O)[C@H]1CC1c1cccs1)C(C)(C)C. The molecule has 0 radical (unpaired) electrons. The van der Waals surface area contributed by atoms with Gasteiger partial charge >= 0.3 is 0 Å². The Balaban J connectivity index is 0.00000112. The summed E-state index contributed by atoms with van der Waals surface area (Å²) in [6.07, 6.45) is 0.904. The van der Waals surface area contributed by atoms with Crippen LogP contribution in [0.1, 0.15) is 72.6 Å². The third-order valence-corrected chi connectivity index (χ3v) is 4.60. The number of hydrogen-bond acceptors (Lipinski definition) is 3. The fourth-order valence-corrected chi connectivity index (χ4v) is 3.39. The van der Waals surface area contributed by atoms with Crippen LogP contribution in [0.15, 0.2) is 17.5 Å². The predicted octanol–water partition coefficient (Wildman–Crippen LogP) is 5.02. The van der Waals surface area contributed by atoms with E-state index in [1.807, 2.05) is 59.9 Å². The summed E-state index contributed by atoms with van der Waals surface area (Å²) in [5.41, 5.74) is -0.241. The molecule has 1 N–H and O–H groups in total. The zero-order chi connectivity index (χ0) is 18.2. The van der Waals surface area contributed by atoms with Gasteiger partial charge in [-0.15, -0.1) is 11.3 Å². The quantitative estimate of drug-likeness (QED) is 0.837. The molecule has 0 spiro atoms. The Morgan fingerprint density at radius 1 is 1.22 bits per heavy atom. The zero-order valence-electron chi connectivity index (χ0n) is 15.9. The lowest BCUT2D eigenvalue weighted by molar-refractivity contribution is -0.129. The highest BCUT2D eigenvalue weighted by molar-refractivity contribution is 7.10. The van der Waals surface area contributed by atoms with E-state index in [1.165, 1.54) is 4.88 Å². The fourth-order valence-electron chi connectivity index (χ4n) is 2.48. The molecule has 0 bridgehead atoms. The van der Waals surface area contributed by atoms with Crippen LogP contribution in [0.5, 0.6) is 0 Å². The van der Waals surface area contributed by atoms with E-state index in [2.05, 4.69) is 11.4 Å². The van der Waals surface area contributed by atoms with Gasteiger partial charge in [-0.25, -0.2) is 0 Å². The molecule has 1 amide bonds. The third-order valence-electron chi connectivity index (χ3n) is 3.59. The van der Waals surface area contributed by atoms with Crippen LogP contribution >= 0.6 is 11.3 Å². The van der Waals surface area contributed by atoms with E-state index in [4.69, 9.17) is 0 Å². The molecule has 4 heteroatoms. The van der Waals surface area contributed by atoms with E-state index in [1.54, 1.807) is 18.3 Å². The second-order valence-corrected chi connectivity index (χ2v) is 7.36. The monoisotopic (exact) mass is 339 g/mol. The fraction of sp³-hybridized carbons (Fsp3) is 0.684. The highest BCUT2D eigenvalue weighted by atomic mass is 32.1. The van der Waals surface area contributed by atoms with Crippen LogP contribution in [0.4, 0.5) is 0 Å². The number of hydrogen-bond donors (Lipinski definition) is 1. The Morgan fingerprint density at radius 2 is 1.78 bits per heavy atom. The molecule has 2 rings (SSSR count). The number of thiophene rings is 1. The Morgan fingerprint density at radius 3 is 2.17 bits per heavy atom. The number of ketones is 1. The average Bonchev–Trinajstić information content (AvgIpc) is 3.13. The minimum Gasteiger partial charge on any atom is -0.346 e. The summed E-state index contributed by atoms with van der Waals surface area (Å²) >= 11 is 1.70. The lowest BCUT2D eigenvalue weighted by Gasteiger charge is -2.29. The van der Waals surface area contributed by atoms with Crippen LogP contribution in [0.25, 0.3) is 0 Å². The molecule has 0 aromatic carbocycles. The Kier molecular flexibility index (Phi) is 9.37. The molecule has 1 aromatic rings. The molecule has 1 aromatic heterocycles. The van der Waals surface area contributed by atoms with Crippen molar-refractivity contribution in [1.29, 1.82) is 0 Å². The molecule has 23 heavy (non-hydrogen) atoms. The first-order chi connectivity index (χ1) is 10.8. The maximum absolute atomic E-state index is 12.2. The maximum Gasteiger partial charge on any atom is 0.224 e. The smallest absolute Gasteiger partial charge is 0.224 e. The molecule has 1 aliphatic carbocycles. The van der Waals surface area contributed by atoms with Gasteiger partial charge in [0.15, 0.2) is 5.78 Å². The topological polar surface area (TPSA) is 46.2 Å². The van der Waals surface area contributed by atoms with Gasteiger partial charge < -0.3 is 5.32 Å². The van der Waals surface area contributed by atoms with Crippen molar-refractivity contribution < 1.29 is 9.59 Å². The predicted molar refractivity (Wildman–Crippen MR) is 99.9 cm³/mol. The number of amides is 1. The lowest BCUT2D eigenvalue weighted by Crippen LogP contribution is -2.48. The lowest BCUT2D eigenvalue weighted by atomic mass is 9.84. The molecule has 3 atom stereocenters. The van der Waals surface area contributed by atoms with Gasteiger partial charge in [0.1, 0.15) is 0 Å². The number of Topliss-reactive ketones (excluding diaryl/α,β-unsaturated/α-hetero) is 1. The van der Waals surface area contributed by atoms with Crippen molar-refractivity contribution in [2.24, 2.45) is 11.3 Å². The van der Waals surface area contributed by atoms with Crippen LogP contribution < -0.4 is 5.32 Å². The van der Waals surface area contributed by atoms with Crippen molar-refractivity contribution in [3.05, 3.63) is 22.4 Å². The zero-order valence-corrected chi connectivity index (χ0v) is 16.7. The van der Waals surface area contributed by atoms with Gasteiger partial charge in [0.05, 0.1) is 6.04 Å². The first-order valence-electron chi connectivity index (χ1n) is 8.65. The number of nitrogens with one attached hydrogen (secondary N) is 1. The molecular weight excluding hydrogens is 306 g/mol. The summed E-state index contributed by atoms with van der Waals surface area (Å²) in [5, 5.41) is 4.96. The van der Waals surface area contributed by atoms with Crippen LogP contribution in [-0.4, -0.2) is 17.7 Å². The first kappa shape index (κ1) is 21.8. The second kappa shape index (κ2) is 9.86. The summed E-state index contributed by atoms with van der Waals surface area (Å²) in [4.78, 5) is 25.2. The van der Waals surface area contributed by atoms with Crippen molar-refractivity contribution in [3.8, 4) is 0 Å². The third kappa shape index (κ3) is 6.46. The molecule has 1 fully saturated rings.